The van der Waals surface area contributed by atoms with Gasteiger partial charge in [0.15, 0.2) is 11.0 Å². The third-order valence-corrected chi connectivity index (χ3v) is 5.99. The SMILES string of the molecule is COc1ccc(-c2nnc(SCC(=O)Nc3cc(C)c(C)cc3[N+](=O)[O-])n2CC(C)C)cc1. The van der Waals surface area contributed by atoms with Crippen LogP contribution in [0.1, 0.15) is 25.0 Å². The smallest absolute Gasteiger partial charge is 0.293 e. The van der Waals surface area contributed by atoms with Gasteiger partial charge in [-0.3, -0.25) is 14.9 Å². The number of hydrogen-bond donors (Lipinski definition) is 1. The molecule has 1 amide bonds. The van der Waals surface area contributed by atoms with Crippen LogP contribution in [-0.4, -0.2) is 38.5 Å². The summed E-state index contributed by atoms with van der Waals surface area (Å²) in [5, 5.41) is 23.3. The van der Waals surface area contributed by atoms with Crippen LogP contribution in [0.4, 0.5) is 11.4 Å². The Morgan fingerprint density at radius 3 is 2.45 bits per heavy atom. The van der Waals surface area contributed by atoms with Crippen LogP contribution in [-0.2, 0) is 11.3 Å². The van der Waals surface area contributed by atoms with Gasteiger partial charge in [-0.25, -0.2) is 0 Å². The van der Waals surface area contributed by atoms with Crippen LogP contribution >= 0.6 is 11.8 Å². The molecule has 1 aromatic heterocycles. The summed E-state index contributed by atoms with van der Waals surface area (Å²) >= 11 is 1.24. The van der Waals surface area contributed by atoms with E-state index in [4.69, 9.17) is 4.74 Å². The summed E-state index contributed by atoms with van der Waals surface area (Å²) in [5.74, 6) is 1.49. The number of nitrogens with one attached hydrogen (secondary N) is 1. The quantitative estimate of drug-likeness (QED) is 0.270. The van der Waals surface area contributed by atoms with Crippen molar-refractivity contribution in [2.45, 2.75) is 39.4 Å². The summed E-state index contributed by atoms with van der Waals surface area (Å²) in [5.41, 5.74) is 2.62. The van der Waals surface area contributed by atoms with Crippen molar-refractivity contribution in [1.29, 1.82) is 0 Å². The number of aromatic nitrogens is 3. The minimum absolute atomic E-state index is 0.0446. The van der Waals surface area contributed by atoms with E-state index in [0.717, 1.165) is 22.4 Å². The fourth-order valence-electron chi connectivity index (χ4n) is 3.25. The Hall–Kier alpha value is -3.40. The number of hydrogen-bond acceptors (Lipinski definition) is 7. The Bertz CT molecular complexity index is 1160. The van der Waals surface area contributed by atoms with E-state index in [2.05, 4.69) is 29.4 Å². The maximum atomic E-state index is 12.6. The molecule has 10 heteroatoms. The fourth-order valence-corrected chi connectivity index (χ4v) is 4.00. The predicted molar refractivity (Wildman–Crippen MR) is 129 cm³/mol. The standard InChI is InChI=1S/C23H27N5O4S/c1-14(2)12-27-22(17-6-8-18(32-5)9-7-17)25-26-23(27)33-13-21(29)24-19-10-15(3)16(4)11-20(19)28(30)31/h6-11,14H,12-13H2,1-5H3,(H,24,29). The molecule has 2 aromatic carbocycles. The number of aryl methyl sites for hydroxylation is 2. The largest absolute Gasteiger partial charge is 0.497 e. The lowest BCUT2D eigenvalue weighted by Crippen LogP contribution is -2.16. The first-order valence-electron chi connectivity index (χ1n) is 10.5. The molecule has 0 aliphatic heterocycles. The van der Waals surface area contributed by atoms with Gasteiger partial charge in [0.25, 0.3) is 5.69 Å². The molecule has 174 valence electrons. The first kappa shape index (κ1) is 24.2. The molecule has 1 heterocycles. The molecular formula is C23H27N5O4S. The Labute approximate surface area is 196 Å². The average Bonchev–Trinajstić information content (AvgIpc) is 3.16. The number of carbonyl (C=O) groups is 1. The van der Waals surface area contributed by atoms with Gasteiger partial charge in [0.05, 0.1) is 17.8 Å². The molecule has 0 saturated carbocycles. The van der Waals surface area contributed by atoms with Gasteiger partial charge in [-0.15, -0.1) is 10.2 Å². The zero-order valence-corrected chi connectivity index (χ0v) is 20.1. The molecule has 1 N–H and O–H groups in total. The fraction of sp³-hybridized carbons (Fsp3) is 0.348. The summed E-state index contributed by atoms with van der Waals surface area (Å²) < 4.78 is 7.21. The molecule has 33 heavy (non-hydrogen) atoms. The van der Waals surface area contributed by atoms with Crippen LogP contribution < -0.4 is 10.1 Å². The monoisotopic (exact) mass is 469 g/mol. The molecule has 0 bridgehead atoms. The van der Waals surface area contributed by atoms with E-state index in [0.29, 0.717) is 23.4 Å². The van der Waals surface area contributed by atoms with Crippen molar-refractivity contribution in [3.8, 4) is 17.1 Å². The normalized spacial score (nSPS) is 11.0. The van der Waals surface area contributed by atoms with Crippen molar-refractivity contribution in [3.63, 3.8) is 0 Å². The summed E-state index contributed by atoms with van der Waals surface area (Å²) in [6, 6.07) is 10.7. The number of rotatable bonds is 9. The van der Waals surface area contributed by atoms with Gasteiger partial charge in [-0.1, -0.05) is 25.6 Å². The number of ether oxygens (including phenoxy) is 1. The number of anilines is 1. The van der Waals surface area contributed by atoms with Crippen LogP contribution in [0.25, 0.3) is 11.4 Å². The molecule has 0 spiro atoms. The molecule has 0 radical (unpaired) electrons. The van der Waals surface area contributed by atoms with Crippen LogP contribution in [0, 0.1) is 29.9 Å². The van der Waals surface area contributed by atoms with Crippen LogP contribution in [0.3, 0.4) is 0 Å². The van der Waals surface area contributed by atoms with Gasteiger partial charge in [0, 0.05) is 18.2 Å². The predicted octanol–water partition coefficient (Wildman–Crippen LogP) is 4.87. The second-order valence-electron chi connectivity index (χ2n) is 8.09. The number of amides is 1. The number of methoxy groups -OCH3 is 1. The van der Waals surface area contributed by atoms with Crippen molar-refractivity contribution in [2.75, 3.05) is 18.2 Å². The maximum absolute atomic E-state index is 12.6. The van der Waals surface area contributed by atoms with Crippen LogP contribution in [0.2, 0.25) is 0 Å². The first-order valence-corrected chi connectivity index (χ1v) is 11.4. The lowest BCUT2D eigenvalue weighted by atomic mass is 10.1. The van der Waals surface area contributed by atoms with Crippen LogP contribution in [0.5, 0.6) is 5.75 Å². The summed E-state index contributed by atoms with van der Waals surface area (Å²) in [6.07, 6.45) is 0. The highest BCUT2D eigenvalue weighted by Crippen LogP contribution is 2.29. The maximum Gasteiger partial charge on any atom is 0.293 e. The third kappa shape index (κ3) is 5.89. The Morgan fingerprint density at radius 2 is 1.85 bits per heavy atom. The molecule has 9 nitrogen and oxygen atoms in total. The molecule has 0 atom stereocenters. The lowest BCUT2D eigenvalue weighted by molar-refractivity contribution is -0.384. The highest BCUT2D eigenvalue weighted by Gasteiger charge is 2.20. The summed E-state index contributed by atoms with van der Waals surface area (Å²) in [6.45, 7) is 8.51. The number of nitro groups is 1. The van der Waals surface area contributed by atoms with Gasteiger partial charge in [0.1, 0.15) is 11.4 Å². The number of nitro benzene ring substituents is 1. The van der Waals surface area contributed by atoms with Crippen molar-refractivity contribution >= 4 is 29.0 Å². The zero-order chi connectivity index (χ0) is 24.1. The molecule has 0 saturated heterocycles. The van der Waals surface area contributed by atoms with E-state index in [1.54, 1.807) is 20.1 Å². The number of benzene rings is 2. The first-order chi connectivity index (χ1) is 15.7. The van der Waals surface area contributed by atoms with Crippen molar-refractivity contribution in [1.82, 2.24) is 14.8 Å². The minimum Gasteiger partial charge on any atom is -0.497 e. The zero-order valence-electron chi connectivity index (χ0n) is 19.3. The molecule has 0 fully saturated rings. The Kier molecular flexibility index (Phi) is 7.70. The second kappa shape index (κ2) is 10.5. The van der Waals surface area contributed by atoms with E-state index in [1.807, 2.05) is 35.8 Å². The van der Waals surface area contributed by atoms with Gasteiger partial charge in [-0.05, 0) is 61.2 Å². The van der Waals surface area contributed by atoms with Crippen molar-refractivity contribution in [2.24, 2.45) is 5.92 Å². The van der Waals surface area contributed by atoms with Gasteiger partial charge in [-0.2, -0.15) is 0 Å². The molecule has 3 rings (SSSR count). The molecule has 0 aliphatic rings. The molecule has 0 unspecified atom stereocenters. The number of nitrogens with zero attached hydrogens (tertiary/aromatic N) is 4. The second-order valence-corrected chi connectivity index (χ2v) is 9.03. The number of thioether (sulfide) groups is 1. The highest BCUT2D eigenvalue weighted by atomic mass is 32.2. The topological polar surface area (TPSA) is 112 Å². The summed E-state index contributed by atoms with van der Waals surface area (Å²) in [7, 11) is 1.61. The van der Waals surface area contributed by atoms with E-state index in [-0.39, 0.29) is 23.0 Å². The molecule has 3 aromatic rings. The van der Waals surface area contributed by atoms with Crippen molar-refractivity contribution in [3.05, 3.63) is 57.6 Å². The third-order valence-electron chi connectivity index (χ3n) is 5.03. The van der Waals surface area contributed by atoms with E-state index in [1.165, 1.54) is 17.8 Å². The van der Waals surface area contributed by atoms with Crippen molar-refractivity contribution < 1.29 is 14.5 Å². The van der Waals surface area contributed by atoms with Gasteiger partial charge < -0.3 is 14.6 Å². The van der Waals surface area contributed by atoms with E-state index >= 15 is 0 Å². The Morgan fingerprint density at radius 1 is 1.18 bits per heavy atom. The number of carbonyl (C=O) groups excluding carboxylic acids is 1. The van der Waals surface area contributed by atoms with Crippen LogP contribution in [0.15, 0.2) is 41.6 Å². The molecule has 0 aliphatic carbocycles. The lowest BCUT2D eigenvalue weighted by Gasteiger charge is -2.13. The van der Waals surface area contributed by atoms with E-state index in [9.17, 15) is 14.9 Å². The van der Waals surface area contributed by atoms with Gasteiger partial charge in [0.2, 0.25) is 5.91 Å². The average molecular weight is 470 g/mol. The highest BCUT2D eigenvalue weighted by molar-refractivity contribution is 7.99. The Balaban J connectivity index is 1.78. The minimum atomic E-state index is -0.490. The molecular weight excluding hydrogens is 442 g/mol. The summed E-state index contributed by atoms with van der Waals surface area (Å²) in [4.78, 5) is 23.5. The van der Waals surface area contributed by atoms with Gasteiger partial charge >= 0.3 is 0 Å². The van der Waals surface area contributed by atoms with E-state index < -0.39 is 4.92 Å².